The second-order valence-electron chi connectivity index (χ2n) is 3.80. The highest BCUT2D eigenvalue weighted by molar-refractivity contribution is 9.10. The maximum absolute atomic E-state index is 13.2. The van der Waals surface area contributed by atoms with Crippen LogP contribution >= 0.6 is 15.9 Å². The molecule has 0 heterocycles. The quantitative estimate of drug-likeness (QED) is 0.892. The van der Waals surface area contributed by atoms with E-state index in [4.69, 9.17) is 5.26 Å². The van der Waals surface area contributed by atoms with Crippen molar-refractivity contribution in [2.45, 2.75) is 24.8 Å². The summed E-state index contributed by atoms with van der Waals surface area (Å²) in [6.07, 6.45) is 2.72. The summed E-state index contributed by atoms with van der Waals surface area (Å²) >= 11 is 3.09. The fraction of sp³-hybridized carbons (Fsp3) is 0.364. The Bertz CT molecular complexity index is 421. The summed E-state index contributed by atoms with van der Waals surface area (Å²) in [7, 11) is 0. The average Bonchev–Trinajstić information content (AvgIpc) is 2.17. The first-order valence-corrected chi connectivity index (χ1v) is 5.59. The monoisotopic (exact) mass is 268 g/mol. The maximum Gasteiger partial charge on any atom is 0.139 e. The first-order chi connectivity index (χ1) is 7.15. The van der Waals surface area contributed by atoms with Crippen LogP contribution in [0.15, 0.2) is 22.7 Å². The van der Waals surface area contributed by atoms with Gasteiger partial charge in [-0.1, -0.05) is 0 Å². The number of hydrogen-bond donors (Lipinski definition) is 1. The minimum absolute atomic E-state index is 0.313. The lowest BCUT2D eigenvalue weighted by Gasteiger charge is -2.36. The van der Waals surface area contributed by atoms with Crippen molar-refractivity contribution in [1.82, 2.24) is 0 Å². The zero-order valence-corrected chi connectivity index (χ0v) is 9.64. The van der Waals surface area contributed by atoms with Crippen LogP contribution in [0, 0.1) is 17.1 Å². The summed E-state index contributed by atoms with van der Waals surface area (Å²) in [5, 5.41) is 12.1. The van der Waals surface area contributed by atoms with E-state index in [2.05, 4.69) is 27.3 Å². The summed E-state index contributed by atoms with van der Waals surface area (Å²) < 4.78 is 13.6. The van der Waals surface area contributed by atoms with Gasteiger partial charge in [0.05, 0.1) is 10.5 Å². The summed E-state index contributed by atoms with van der Waals surface area (Å²) in [5.41, 5.74) is 0.192. The summed E-state index contributed by atoms with van der Waals surface area (Å²) in [4.78, 5) is 0. The van der Waals surface area contributed by atoms with E-state index >= 15 is 0 Å². The van der Waals surface area contributed by atoms with Crippen molar-refractivity contribution in [1.29, 1.82) is 5.26 Å². The van der Waals surface area contributed by atoms with Gasteiger partial charge in [0.2, 0.25) is 0 Å². The molecule has 1 aromatic carbocycles. The molecule has 0 radical (unpaired) electrons. The lowest BCUT2D eigenvalue weighted by molar-refractivity contribution is 0.356. The van der Waals surface area contributed by atoms with Crippen LogP contribution < -0.4 is 5.32 Å². The number of benzene rings is 1. The van der Waals surface area contributed by atoms with Crippen LogP contribution in [0.1, 0.15) is 19.3 Å². The lowest BCUT2D eigenvalue weighted by Crippen LogP contribution is -2.43. The molecule has 1 aliphatic carbocycles. The molecule has 1 fully saturated rings. The second-order valence-corrected chi connectivity index (χ2v) is 4.66. The van der Waals surface area contributed by atoms with Crippen molar-refractivity contribution >= 4 is 21.6 Å². The minimum atomic E-state index is -0.472. The zero-order valence-electron chi connectivity index (χ0n) is 8.06. The van der Waals surface area contributed by atoms with Gasteiger partial charge in [-0.3, -0.25) is 0 Å². The molecule has 0 atom stereocenters. The Morgan fingerprint density at radius 3 is 2.67 bits per heavy atom. The highest BCUT2D eigenvalue weighted by atomic mass is 79.9. The van der Waals surface area contributed by atoms with Crippen LogP contribution in [-0.4, -0.2) is 5.54 Å². The standard InChI is InChI=1S/C11H10BrFN2/c12-9-3-2-8(6-10(9)13)15-11(7-14)4-1-5-11/h2-3,6,15H,1,4-5H2. The predicted molar refractivity (Wildman–Crippen MR) is 59.9 cm³/mol. The van der Waals surface area contributed by atoms with Crippen LogP contribution in [0.5, 0.6) is 0 Å². The van der Waals surface area contributed by atoms with E-state index in [0.717, 1.165) is 19.3 Å². The molecule has 0 aliphatic heterocycles. The van der Waals surface area contributed by atoms with Crippen molar-refractivity contribution < 1.29 is 4.39 Å². The fourth-order valence-electron chi connectivity index (χ4n) is 1.65. The third-order valence-corrected chi connectivity index (χ3v) is 3.37. The van der Waals surface area contributed by atoms with E-state index in [9.17, 15) is 4.39 Å². The Balaban J connectivity index is 2.18. The van der Waals surface area contributed by atoms with Gasteiger partial charge >= 0.3 is 0 Å². The molecule has 0 spiro atoms. The Hall–Kier alpha value is -1.08. The molecule has 0 unspecified atom stereocenters. The molecular formula is C11H10BrFN2. The van der Waals surface area contributed by atoms with E-state index in [0.29, 0.717) is 10.2 Å². The van der Waals surface area contributed by atoms with Gasteiger partial charge < -0.3 is 5.32 Å². The molecule has 1 N–H and O–H groups in total. The molecule has 0 bridgehead atoms. The summed E-state index contributed by atoms with van der Waals surface area (Å²) in [6.45, 7) is 0. The largest absolute Gasteiger partial charge is 0.367 e. The number of nitriles is 1. The SMILES string of the molecule is N#CC1(Nc2ccc(Br)c(F)c2)CCC1. The van der Waals surface area contributed by atoms with Crippen LogP contribution in [0.25, 0.3) is 0 Å². The zero-order chi connectivity index (χ0) is 10.9. The van der Waals surface area contributed by atoms with E-state index in [1.807, 2.05) is 0 Å². The molecule has 1 saturated carbocycles. The average molecular weight is 269 g/mol. The van der Waals surface area contributed by atoms with E-state index in [1.54, 1.807) is 12.1 Å². The minimum Gasteiger partial charge on any atom is -0.367 e. The van der Waals surface area contributed by atoms with Crippen molar-refractivity contribution in [3.05, 3.63) is 28.5 Å². The van der Waals surface area contributed by atoms with Gasteiger partial charge in [-0.15, -0.1) is 0 Å². The maximum atomic E-state index is 13.2. The van der Waals surface area contributed by atoms with Crippen LogP contribution in [0.4, 0.5) is 10.1 Å². The molecule has 4 heteroatoms. The number of nitrogens with one attached hydrogen (secondary N) is 1. The smallest absolute Gasteiger partial charge is 0.139 e. The van der Waals surface area contributed by atoms with E-state index < -0.39 is 5.54 Å². The number of hydrogen-bond acceptors (Lipinski definition) is 2. The van der Waals surface area contributed by atoms with Crippen LogP contribution in [-0.2, 0) is 0 Å². The third-order valence-electron chi connectivity index (χ3n) is 2.72. The second kappa shape index (κ2) is 3.82. The lowest BCUT2D eigenvalue weighted by atomic mass is 9.78. The van der Waals surface area contributed by atoms with E-state index in [1.165, 1.54) is 6.07 Å². The van der Waals surface area contributed by atoms with E-state index in [-0.39, 0.29) is 5.82 Å². The number of rotatable bonds is 2. The first-order valence-electron chi connectivity index (χ1n) is 4.80. The summed E-state index contributed by atoms with van der Waals surface area (Å²) in [5.74, 6) is -0.313. The molecule has 1 aromatic rings. The molecule has 15 heavy (non-hydrogen) atoms. The molecule has 1 aliphatic rings. The third kappa shape index (κ3) is 1.98. The van der Waals surface area contributed by atoms with Gasteiger partial charge in [-0.2, -0.15) is 5.26 Å². The normalized spacial score (nSPS) is 17.7. The highest BCUT2D eigenvalue weighted by Crippen LogP contribution is 2.35. The summed E-state index contributed by atoms with van der Waals surface area (Å²) in [6, 6.07) is 7.07. The topological polar surface area (TPSA) is 35.8 Å². The molecule has 0 amide bonds. The van der Waals surface area contributed by atoms with Gasteiger partial charge in [0.1, 0.15) is 11.4 Å². The molecular weight excluding hydrogens is 259 g/mol. The van der Waals surface area contributed by atoms with Crippen LogP contribution in [0.3, 0.4) is 0 Å². The number of halogens is 2. The molecule has 0 aromatic heterocycles. The van der Waals surface area contributed by atoms with Crippen molar-refractivity contribution in [2.75, 3.05) is 5.32 Å². The Kier molecular flexibility index (Phi) is 2.66. The highest BCUT2D eigenvalue weighted by Gasteiger charge is 2.37. The number of anilines is 1. The van der Waals surface area contributed by atoms with Crippen molar-refractivity contribution in [2.24, 2.45) is 0 Å². The Labute approximate surface area is 96.2 Å². The van der Waals surface area contributed by atoms with Gasteiger partial charge in [0.25, 0.3) is 0 Å². The van der Waals surface area contributed by atoms with Gasteiger partial charge in [-0.05, 0) is 53.4 Å². The molecule has 2 rings (SSSR count). The molecule has 2 nitrogen and oxygen atoms in total. The Morgan fingerprint density at radius 1 is 1.47 bits per heavy atom. The van der Waals surface area contributed by atoms with Gasteiger partial charge in [0.15, 0.2) is 0 Å². The fourth-order valence-corrected chi connectivity index (χ4v) is 1.89. The predicted octanol–water partition coefficient (Wildman–Crippen LogP) is 3.45. The number of nitrogens with zero attached hydrogens (tertiary/aromatic N) is 1. The van der Waals surface area contributed by atoms with Gasteiger partial charge in [-0.25, -0.2) is 4.39 Å². The van der Waals surface area contributed by atoms with Crippen molar-refractivity contribution in [3.8, 4) is 6.07 Å². The van der Waals surface area contributed by atoms with Crippen LogP contribution in [0.2, 0.25) is 0 Å². The van der Waals surface area contributed by atoms with Gasteiger partial charge in [0, 0.05) is 5.69 Å². The molecule has 0 saturated heterocycles. The molecule has 78 valence electrons. The first kappa shape index (κ1) is 10.4. The Morgan fingerprint density at radius 2 is 2.20 bits per heavy atom. The van der Waals surface area contributed by atoms with Crippen molar-refractivity contribution in [3.63, 3.8) is 0 Å².